The average molecular weight is 463 g/mol. The highest BCUT2D eigenvalue weighted by molar-refractivity contribution is 6.03. The summed E-state index contributed by atoms with van der Waals surface area (Å²) in [6, 6.07) is 6.22. The Hall–Kier alpha value is -2.87. The van der Waals surface area contributed by atoms with E-state index in [0.29, 0.717) is 30.0 Å². The first-order valence-corrected chi connectivity index (χ1v) is 12.6. The molecule has 2 aliphatic carbocycles. The van der Waals surface area contributed by atoms with Crippen LogP contribution in [0, 0.1) is 12.8 Å². The van der Waals surface area contributed by atoms with E-state index in [9.17, 15) is 9.59 Å². The number of hydrogen-bond donors (Lipinski definition) is 1. The second-order valence-electron chi connectivity index (χ2n) is 10.8. The average Bonchev–Trinajstić information content (AvgIpc) is 3.47. The molecule has 6 aliphatic rings. The van der Waals surface area contributed by atoms with E-state index in [2.05, 4.69) is 15.2 Å². The summed E-state index contributed by atoms with van der Waals surface area (Å²) in [6.07, 6.45) is 6.85. The van der Waals surface area contributed by atoms with Crippen LogP contribution in [-0.2, 0) is 11.3 Å². The van der Waals surface area contributed by atoms with Gasteiger partial charge in [0.2, 0.25) is 5.91 Å². The van der Waals surface area contributed by atoms with Crippen LogP contribution in [-0.4, -0.2) is 63.9 Å². The number of ether oxygens (including phenoxy) is 1. The zero-order chi connectivity index (χ0) is 23.0. The lowest BCUT2D eigenvalue weighted by molar-refractivity contribution is -0.148. The fourth-order valence-electron chi connectivity index (χ4n) is 6.82. The third-order valence-corrected chi connectivity index (χ3v) is 8.70. The van der Waals surface area contributed by atoms with Crippen molar-refractivity contribution in [3.8, 4) is 5.75 Å². The number of nitrogens with zero attached hydrogens (tertiary/aromatic N) is 3. The maximum Gasteiger partial charge on any atom is 0.255 e. The molecule has 0 spiro atoms. The molecule has 178 valence electrons. The Kier molecular flexibility index (Phi) is 4.41. The van der Waals surface area contributed by atoms with Crippen LogP contribution in [0.4, 0.5) is 0 Å². The Bertz CT molecular complexity index is 1160. The number of likely N-dealkylation sites (tertiary alicyclic amines) is 1. The van der Waals surface area contributed by atoms with Gasteiger partial charge in [-0.25, -0.2) is 4.98 Å². The highest BCUT2D eigenvalue weighted by Crippen LogP contribution is 2.48. The molecule has 1 N–H and O–H groups in total. The summed E-state index contributed by atoms with van der Waals surface area (Å²) in [5, 5.41) is 2.98. The van der Waals surface area contributed by atoms with E-state index in [1.165, 1.54) is 0 Å². The summed E-state index contributed by atoms with van der Waals surface area (Å²) in [7, 11) is 0. The molecule has 5 heterocycles. The summed E-state index contributed by atoms with van der Waals surface area (Å²) in [5.74, 6) is 3.39. The Labute approximate surface area is 198 Å². The van der Waals surface area contributed by atoms with E-state index >= 15 is 0 Å². The lowest BCUT2D eigenvalue weighted by Gasteiger charge is -2.55. The molecule has 2 aromatic rings. The van der Waals surface area contributed by atoms with Gasteiger partial charge < -0.3 is 19.4 Å². The Morgan fingerprint density at radius 2 is 2.06 bits per heavy atom. The van der Waals surface area contributed by atoms with Crippen molar-refractivity contribution < 1.29 is 18.7 Å². The third kappa shape index (κ3) is 2.97. The Morgan fingerprint density at radius 3 is 2.82 bits per heavy atom. The van der Waals surface area contributed by atoms with Crippen molar-refractivity contribution in [2.24, 2.45) is 5.92 Å². The van der Waals surface area contributed by atoms with Gasteiger partial charge in [-0.3, -0.25) is 14.5 Å². The Balaban J connectivity index is 1.03. The SMILES string of the molecule is Cc1cnc(C2CN([C@@H]3CCC[C@@H]3Oc3ccc4c(c3)CN(C35CC(CNC3=O)C5)C4=O)C2)o1. The van der Waals surface area contributed by atoms with Crippen LogP contribution in [0.3, 0.4) is 0 Å². The molecule has 4 aliphatic heterocycles. The van der Waals surface area contributed by atoms with Crippen molar-refractivity contribution in [2.75, 3.05) is 19.6 Å². The van der Waals surface area contributed by atoms with Gasteiger partial charge in [0, 0.05) is 37.8 Å². The molecule has 8 rings (SSSR count). The van der Waals surface area contributed by atoms with E-state index in [1.807, 2.05) is 25.1 Å². The highest BCUT2D eigenvalue weighted by Gasteiger charge is 2.59. The largest absolute Gasteiger partial charge is 0.489 e. The molecule has 1 aromatic carbocycles. The van der Waals surface area contributed by atoms with Gasteiger partial charge in [0.15, 0.2) is 5.89 Å². The van der Waals surface area contributed by atoms with Gasteiger partial charge in [-0.15, -0.1) is 0 Å². The molecule has 0 radical (unpaired) electrons. The second kappa shape index (κ2) is 7.31. The van der Waals surface area contributed by atoms with Crippen molar-refractivity contribution in [3.05, 3.63) is 47.2 Å². The monoisotopic (exact) mass is 462 g/mol. The predicted molar refractivity (Wildman–Crippen MR) is 122 cm³/mol. The lowest BCUT2D eigenvalue weighted by atomic mass is 9.64. The zero-order valence-corrected chi connectivity index (χ0v) is 19.5. The van der Waals surface area contributed by atoms with Crippen LogP contribution in [0.1, 0.15) is 65.6 Å². The number of carbonyl (C=O) groups excluding carboxylic acids is 2. The van der Waals surface area contributed by atoms with Crippen molar-refractivity contribution in [1.29, 1.82) is 0 Å². The van der Waals surface area contributed by atoms with E-state index in [0.717, 1.165) is 74.7 Å². The number of oxazole rings is 1. The predicted octanol–water partition coefficient (Wildman–Crippen LogP) is 2.62. The highest BCUT2D eigenvalue weighted by atomic mass is 16.5. The minimum Gasteiger partial charge on any atom is -0.489 e. The minimum atomic E-state index is -0.647. The number of benzene rings is 1. The summed E-state index contributed by atoms with van der Waals surface area (Å²) >= 11 is 0. The van der Waals surface area contributed by atoms with Crippen molar-refractivity contribution >= 4 is 11.8 Å². The fraction of sp³-hybridized carbons (Fsp3) is 0.577. The van der Waals surface area contributed by atoms with Crippen LogP contribution >= 0.6 is 0 Å². The molecule has 3 saturated heterocycles. The van der Waals surface area contributed by atoms with Crippen LogP contribution in [0.2, 0.25) is 0 Å². The summed E-state index contributed by atoms with van der Waals surface area (Å²) in [6.45, 7) is 5.09. The van der Waals surface area contributed by atoms with E-state index in [1.54, 1.807) is 11.1 Å². The topological polar surface area (TPSA) is 87.9 Å². The zero-order valence-electron chi connectivity index (χ0n) is 19.5. The van der Waals surface area contributed by atoms with Crippen LogP contribution in [0.15, 0.2) is 28.8 Å². The summed E-state index contributed by atoms with van der Waals surface area (Å²) in [4.78, 5) is 34.5. The van der Waals surface area contributed by atoms with Gasteiger partial charge in [-0.05, 0) is 68.7 Å². The minimum absolute atomic E-state index is 0.00851. The molecule has 8 nitrogen and oxygen atoms in total. The number of carbonyl (C=O) groups is 2. The molecule has 2 saturated carbocycles. The van der Waals surface area contributed by atoms with Gasteiger partial charge >= 0.3 is 0 Å². The molecule has 0 unspecified atom stereocenters. The quantitative estimate of drug-likeness (QED) is 0.735. The van der Waals surface area contributed by atoms with Crippen LogP contribution in [0.25, 0.3) is 0 Å². The molecule has 2 atom stereocenters. The lowest BCUT2D eigenvalue weighted by Crippen LogP contribution is -2.71. The van der Waals surface area contributed by atoms with Gasteiger partial charge in [-0.2, -0.15) is 0 Å². The van der Waals surface area contributed by atoms with Gasteiger partial charge in [0.25, 0.3) is 5.91 Å². The van der Waals surface area contributed by atoms with Gasteiger partial charge in [-0.1, -0.05) is 0 Å². The number of rotatable bonds is 5. The van der Waals surface area contributed by atoms with Crippen LogP contribution < -0.4 is 10.1 Å². The first kappa shape index (κ1) is 20.5. The number of nitrogens with one attached hydrogen (secondary N) is 1. The number of aryl methyl sites for hydroxylation is 1. The molecular weight excluding hydrogens is 432 g/mol. The molecule has 34 heavy (non-hydrogen) atoms. The first-order valence-electron chi connectivity index (χ1n) is 12.6. The van der Waals surface area contributed by atoms with Crippen LogP contribution in [0.5, 0.6) is 5.75 Å². The van der Waals surface area contributed by atoms with Crippen molar-refractivity contribution in [1.82, 2.24) is 20.1 Å². The van der Waals surface area contributed by atoms with E-state index in [-0.39, 0.29) is 17.9 Å². The number of amides is 2. The van der Waals surface area contributed by atoms with Gasteiger partial charge in [0.1, 0.15) is 23.2 Å². The second-order valence-corrected chi connectivity index (χ2v) is 10.8. The standard InChI is InChI=1S/C26H30N4O4/c1-15-10-27-23(33-15)18-12-29(13-18)21-3-2-4-22(21)34-19-5-6-20-17(7-19)14-30(24(20)31)26-8-16(9-26)11-28-25(26)32/h5-7,10,16,18,21-22H,2-4,8-9,11-14H2,1H3,(H,28,32)/t16?,21-,22+,26?/m1/s1. The molecule has 1 aromatic heterocycles. The maximum atomic E-state index is 13.1. The van der Waals surface area contributed by atoms with E-state index in [4.69, 9.17) is 9.15 Å². The fourth-order valence-corrected chi connectivity index (χ4v) is 6.82. The van der Waals surface area contributed by atoms with Gasteiger partial charge in [0.05, 0.1) is 12.1 Å². The summed E-state index contributed by atoms with van der Waals surface area (Å²) in [5.41, 5.74) is 1.03. The molecule has 2 bridgehead atoms. The normalized spacial score (nSPS) is 32.9. The third-order valence-electron chi connectivity index (χ3n) is 8.70. The molecule has 2 amide bonds. The first-order chi connectivity index (χ1) is 16.5. The summed E-state index contributed by atoms with van der Waals surface area (Å²) < 4.78 is 12.2. The molecule has 5 fully saturated rings. The number of hydrogen-bond acceptors (Lipinski definition) is 6. The molecular formula is C26H30N4O4. The smallest absolute Gasteiger partial charge is 0.255 e. The Morgan fingerprint density at radius 1 is 1.21 bits per heavy atom. The number of aromatic nitrogens is 1. The van der Waals surface area contributed by atoms with E-state index < -0.39 is 5.54 Å². The van der Waals surface area contributed by atoms with Crippen molar-refractivity contribution in [3.63, 3.8) is 0 Å². The maximum absolute atomic E-state index is 13.1. The molecule has 8 heteroatoms. The van der Waals surface area contributed by atoms with Crippen molar-refractivity contribution in [2.45, 2.75) is 69.2 Å². The number of fused-ring (bicyclic) bond motifs is 3. The number of piperidine rings is 2.